The average Bonchev–Trinajstić information content (AvgIpc) is 3.21. The molecule has 6 heteroatoms. The summed E-state index contributed by atoms with van der Waals surface area (Å²) in [7, 11) is 0. The zero-order chi connectivity index (χ0) is 17.1. The van der Waals surface area contributed by atoms with Crippen molar-refractivity contribution in [1.29, 1.82) is 0 Å². The summed E-state index contributed by atoms with van der Waals surface area (Å²) in [5.74, 6) is 0.576. The van der Waals surface area contributed by atoms with Gasteiger partial charge in [-0.1, -0.05) is 6.58 Å². The summed E-state index contributed by atoms with van der Waals surface area (Å²) in [6.45, 7) is 12.7. The van der Waals surface area contributed by atoms with Crippen molar-refractivity contribution >= 4 is 12.3 Å². The number of rotatable bonds is 7. The molecule has 1 fully saturated rings. The van der Waals surface area contributed by atoms with Gasteiger partial charge in [-0.15, -0.1) is 0 Å². The summed E-state index contributed by atoms with van der Waals surface area (Å²) in [6.07, 6.45) is 7.42. The molecule has 0 bridgehead atoms. The molecule has 1 saturated carbocycles. The molecule has 1 aliphatic carbocycles. The van der Waals surface area contributed by atoms with Crippen LogP contribution in [0.5, 0.6) is 0 Å². The number of nitrogens with zero attached hydrogens (tertiary/aromatic N) is 2. The number of nitrogens with one attached hydrogen (secondary N) is 2. The summed E-state index contributed by atoms with van der Waals surface area (Å²) in [4.78, 5) is 11.9. The summed E-state index contributed by atoms with van der Waals surface area (Å²) < 4.78 is 7.00. The van der Waals surface area contributed by atoms with Gasteiger partial charge in [0.2, 0.25) is 0 Å². The number of ether oxygens (including phenoxy) is 1. The maximum Gasteiger partial charge on any atom is 0.407 e. The standard InChI is InChI=1S/C17H28N4O2/c1-6-21-11-13(10-20-21)9-19-17(5,14-7-8-14)12-18-15(22)23-16(2,3)4/h6,10-11,14,19H,1,7-9,12H2,2-5H3,(H,18,22). The van der Waals surface area contributed by atoms with Crippen molar-refractivity contribution in [3.63, 3.8) is 0 Å². The van der Waals surface area contributed by atoms with Gasteiger partial charge in [0.25, 0.3) is 0 Å². The van der Waals surface area contributed by atoms with E-state index in [0.29, 0.717) is 19.0 Å². The summed E-state index contributed by atoms with van der Waals surface area (Å²) in [5, 5.41) is 10.6. The molecule has 0 saturated heterocycles. The van der Waals surface area contributed by atoms with Gasteiger partial charge < -0.3 is 15.4 Å². The lowest BCUT2D eigenvalue weighted by atomic mass is 9.95. The number of hydrogen-bond donors (Lipinski definition) is 2. The van der Waals surface area contributed by atoms with Crippen LogP contribution in [0.1, 0.15) is 46.1 Å². The first-order valence-corrected chi connectivity index (χ1v) is 8.09. The van der Waals surface area contributed by atoms with Gasteiger partial charge in [-0.25, -0.2) is 9.48 Å². The first-order valence-electron chi connectivity index (χ1n) is 8.09. The van der Waals surface area contributed by atoms with Crippen molar-refractivity contribution in [2.45, 2.75) is 58.2 Å². The summed E-state index contributed by atoms with van der Waals surface area (Å²) in [5.41, 5.74) is 0.467. The van der Waals surface area contributed by atoms with Crippen LogP contribution in [0.4, 0.5) is 4.79 Å². The average molecular weight is 320 g/mol. The minimum Gasteiger partial charge on any atom is -0.444 e. The van der Waals surface area contributed by atoms with E-state index in [1.54, 1.807) is 10.9 Å². The molecular weight excluding hydrogens is 292 g/mol. The fraction of sp³-hybridized carbons (Fsp3) is 0.647. The molecule has 0 spiro atoms. The van der Waals surface area contributed by atoms with Crippen LogP contribution >= 0.6 is 0 Å². The van der Waals surface area contributed by atoms with Crippen LogP contribution < -0.4 is 10.6 Å². The van der Waals surface area contributed by atoms with Gasteiger partial charge in [0.1, 0.15) is 5.60 Å². The Hall–Kier alpha value is -1.82. The molecule has 2 N–H and O–H groups in total. The van der Waals surface area contributed by atoms with Crippen molar-refractivity contribution in [3.8, 4) is 0 Å². The van der Waals surface area contributed by atoms with Crippen LogP contribution in [0.15, 0.2) is 19.0 Å². The molecule has 1 atom stereocenters. The van der Waals surface area contributed by atoms with Crippen molar-refractivity contribution < 1.29 is 9.53 Å². The van der Waals surface area contributed by atoms with Gasteiger partial charge >= 0.3 is 6.09 Å². The predicted molar refractivity (Wildman–Crippen MR) is 90.8 cm³/mol. The van der Waals surface area contributed by atoms with Crippen molar-refractivity contribution in [3.05, 3.63) is 24.5 Å². The van der Waals surface area contributed by atoms with E-state index in [-0.39, 0.29) is 11.6 Å². The summed E-state index contributed by atoms with van der Waals surface area (Å²) in [6, 6.07) is 0. The molecule has 1 heterocycles. The van der Waals surface area contributed by atoms with E-state index in [1.807, 2.05) is 33.2 Å². The third kappa shape index (κ3) is 5.39. The van der Waals surface area contributed by atoms with Crippen LogP contribution in [0.25, 0.3) is 6.20 Å². The van der Waals surface area contributed by atoms with Crippen molar-refractivity contribution in [2.75, 3.05) is 6.54 Å². The van der Waals surface area contributed by atoms with Crippen molar-refractivity contribution in [2.24, 2.45) is 5.92 Å². The van der Waals surface area contributed by atoms with Gasteiger partial charge in [0.05, 0.1) is 6.20 Å². The second-order valence-electron chi connectivity index (χ2n) is 7.41. The molecule has 1 unspecified atom stereocenters. The Morgan fingerprint density at radius 3 is 2.70 bits per heavy atom. The molecule has 1 aromatic rings. The van der Waals surface area contributed by atoms with Crippen molar-refractivity contribution in [1.82, 2.24) is 20.4 Å². The molecule has 1 aliphatic rings. The number of amides is 1. The third-order valence-corrected chi connectivity index (χ3v) is 4.02. The highest BCUT2D eigenvalue weighted by Crippen LogP contribution is 2.39. The molecule has 6 nitrogen and oxygen atoms in total. The first kappa shape index (κ1) is 17.5. The quantitative estimate of drug-likeness (QED) is 0.810. The van der Waals surface area contributed by atoms with Crippen LogP contribution in [0, 0.1) is 5.92 Å². The minimum absolute atomic E-state index is 0.146. The SMILES string of the molecule is C=Cn1cc(CNC(C)(CNC(=O)OC(C)(C)C)C2CC2)cn1. The molecule has 1 aromatic heterocycles. The lowest BCUT2D eigenvalue weighted by molar-refractivity contribution is 0.0507. The Morgan fingerprint density at radius 1 is 1.48 bits per heavy atom. The fourth-order valence-electron chi connectivity index (χ4n) is 2.51. The van der Waals surface area contributed by atoms with Crippen LogP contribution in [-0.2, 0) is 11.3 Å². The van der Waals surface area contributed by atoms with E-state index < -0.39 is 5.60 Å². The second kappa shape index (κ2) is 6.74. The molecule has 0 radical (unpaired) electrons. The maximum atomic E-state index is 11.9. The molecule has 1 amide bonds. The highest BCUT2D eigenvalue weighted by Gasteiger charge is 2.41. The number of aromatic nitrogens is 2. The topological polar surface area (TPSA) is 68.2 Å². The van der Waals surface area contributed by atoms with E-state index in [4.69, 9.17) is 4.74 Å². The Bertz CT molecular complexity index is 557. The lowest BCUT2D eigenvalue weighted by Crippen LogP contribution is -2.53. The van der Waals surface area contributed by atoms with E-state index in [2.05, 4.69) is 29.2 Å². The van der Waals surface area contributed by atoms with Gasteiger partial charge in [-0.3, -0.25) is 0 Å². The molecule has 128 valence electrons. The van der Waals surface area contributed by atoms with Gasteiger partial charge in [0, 0.05) is 36.6 Å². The second-order valence-corrected chi connectivity index (χ2v) is 7.41. The lowest BCUT2D eigenvalue weighted by Gasteiger charge is -2.32. The van der Waals surface area contributed by atoms with Crippen LogP contribution in [0.2, 0.25) is 0 Å². The van der Waals surface area contributed by atoms with Gasteiger partial charge in [-0.2, -0.15) is 5.10 Å². The Morgan fingerprint density at radius 2 is 2.17 bits per heavy atom. The van der Waals surface area contributed by atoms with Gasteiger partial charge in [0.15, 0.2) is 0 Å². The van der Waals surface area contributed by atoms with E-state index in [1.165, 1.54) is 12.8 Å². The molecular formula is C17H28N4O2. The highest BCUT2D eigenvalue weighted by molar-refractivity contribution is 5.67. The first-order chi connectivity index (χ1) is 10.7. The van der Waals surface area contributed by atoms with E-state index in [9.17, 15) is 4.79 Å². The van der Waals surface area contributed by atoms with Crippen LogP contribution in [-0.4, -0.2) is 33.6 Å². The number of carbonyl (C=O) groups excluding carboxylic acids is 1. The molecule has 0 aromatic carbocycles. The molecule has 2 rings (SSSR count). The zero-order valence-electron chi connectivity index (χ0n) is 14.6. The Kier molecular flexibility index (Phi) is 5.14. The summed E-state index contributed by atoms with van der Waals surface area (Å²) >= 11 is 0. The van der Waals surface area contributed by atoms with Gasteiger partial charge in [-0.05, 0) is 46.5 Å². The molecule has 23 heavy (non-hydrogen) atoms. The maximum absolute atomic E-state index is 11.9. The highest BCUT2D eigenvalue weighted by atomic mass is 16.6. The Balaban J connectivity index is 1.88. The predicted octanol–water partition coefficient (Wildman–Crippen LogP) is 2.77. The monoisotopic (exact) mass is 320 g/mol. The fourth-order valence-corrected chi connectivity index (χ4v) is 2.51. The van der Waals surface area contributed by atoms with E-state index >= 15 is 0 Å². The zero-order valence-corrected chi connectivity index (χ0v) is 14.6. The smallest absolute Gasteiger partial charge is 0.407 e. The number of alkyl carbamates (subject to hydrolysis) is 1. The minimum atomic E-state index is -0.479. The molecule has 0 aliphatic heterocycles. The van der Waals surface area contributed by atoms with E-state index in [0.717, 1.165) is 5.56 Å². The third-order valence-electron chi connectivity index (χ3n) is 4.02. The largest absolute Gasteiger partial charge is 0.444 e. The number of carbonyl (C=O) groups is 1. The Labute approximate surface area is 138 Å². The number of hydrogen-bond acceptors (Lipinski definition) is 4. The normalized spacial score (nSPS) is 17.4. The van der Waals surface area contributed by atoms with Crippen LogP contribution in [0.3, 0.4) is 0 Å².